The topological polar surface area (TPSA) is 81.2 Å². The summed E-state index contributed by atoms with van der Waals surface area (Å²) >= 11 is 0. The molecule has 1 atom stereocenters. The zero-order chi connectivity index (χ0) is 14.7. The van der Waals surface area contributed by atoms with Crippen molar-refractivity contribution in [2.45, 2.75) is 20.8 Å². The number of nitrogens with two attached hydrogens (primary N) is 1. The molecule has 20 heavy (non-hydrogen) atoms. The second-order valence-electron chi connectivity index (χ2n) is 4.95. The van der Waals surface area contributed by atoms with Gasteiger partial charge in [0.2, 0.25) is 11.8 Å². The Kier molecular flexibility index (Phi) is 4.20. The summed E-state index contributed by atoms with van der Waals surface area (Å²) in [4.78, 5) is 16.2. The van der Waals surface area contributed by atoms with E-state index in [-0.39, 0.29) is 11.8 Å². The number of hydrogen-bond acceptors (Lipinski definition) is 4. The Morgan fingerprint density at radius 3 is 2.80 bits per heavy atom. The highest BCUT2D eigenvalue weighted by atomic mass is 16.3. The van der Waals surface area contributed by atoms with Crippen LogP contribution in [-0.4, -0.2) is 17.4 Å². The van der Waals surface area contributed by atoms with E-state index in [1.54, 1.807) is 13.2 Å². The van der Waals surface area contributed by atoms with Crippen LogP contribution < -0.4 is 11.1 Å². The number of aromatic nitrogens is 1. The first kappa shape index (κ1) is 14.3. The Labute approximate surface area is 118 Å². The fourth-order valence-electron chi connectivity index (χ4n) is 1.78. The van der Waals surface area contributed by atoms with E-state index in [2.05, 4.69) is 10.3 Å². The van der Waals surface area contributed by atoms with Crippen molar-refractivity contribution in [3.8, 4) is 11.5 Å². The van der Waals surface area contributed by atoms with Gasteiger partial charge in [0.05, 0.1) is 5.69 Å². The summed E-state index contributed by atoms with van der Waals surface area (Å²) in [6, 6.07) is 5.65. The monoisotopic (exact) mass is 273 g/mol. The Morgan fingerprint density at radius 1 is 1.45 bits per heavy atom. The van der Waals surface area contributed by atoms with Gasteiger partial charge in [-0.1, -0.05) is 13.0 Å². The van der Waals surface area contributed by atoms with Crippen molar-refractivity contribution in [3.05, 3.63) is 35.7 Å². The van der Waals surface area contributed by atoms with Gasteiger partial charge in [-0.05, 0) is 31.5 Å². The molecule has 2 rings (SSSR count). The quantitative estimate of drug-likeness (QED) is 0.896. The lowest BCUT2D eigenvalue weighted by Gasteiger charge is -2.11. The number of carbonyl (C=O) groups is 1. The highest BCUT2D eigenvalue weighted by Crippen LogP contribution is 2.26. The highest BCUT2D eigenvalue weighted by molar-refractivity contribution is 5.93. The van der Waals surface area contributed by atoms with Crippen molar-refractivity contribution in [2.75, 3.05) is 11.9 Å². The molecule has 1 heterocycles. The van der Waals surface area contributed by atoms with Crippen LogP contribution in [0, 0.1) is 19.8 Å². The van der Waals surface area contributed by atoms with Gasteiger partial charge in [0.25, 0.3) is 0 Å². The summed E-state index contributed by atoms with van der Waals surface area (Å²) < 4.78 is 5.42. The smallest absolute Gasteiger partial charge is 0.228 e. The van der Waals surface area contributed by atoms with Gasteiger partial charge in [0.1, 0.15) is 6.26 Å². The van der Waals surface area contributed by atoms with Crippen LogP contribution in [0.3, 0.4) is 0 Å². The van der Waals surface area contributed by atoms with E-state index in [1.165, 1.54) is 0 Å². The molecular weight excluding hydrogens is 254 g/mol. The van der Waals surface area contributed by atoms with Crippen LogP contribution in [0.15, 0.2) is 28.9 Å². The summed E-state index contributed by atoms with van der Waals surface area (Å²) in [5.74, 6) is 0.248. The van der Waals surface area contributed by atoms with Gasteiger partial charge < -0.3 is 15.5 Å². The minimum atomic E-state index is -0.219. The fourth-order valence-corrected chi connectivity index (χ4v) is 1.78. The summed E-state index contributed by atoms with van der Waals surface area (Å²) in [5, 5.41) is 2.85. The van der Waals surface area contributed by atoms with E-state index in [0.717, 1.165) is 16.8 Å². The van der Waals surface area contributed by atoms with E-state index in [0.29, 0.717) is 18.1 Å². The van der Waals surface area contributed by atoms with Crippen LogP contribution in [0.2, 0.25) is 0 Å². The van der Waals surface area contributed by atoms with Crippen LogP contribution in [0.5, 0.6) is 0 Å². The maximum Gasteiger partial charge on any atom is 0.228 e. The molecule has 0 saturated carbocycles. The number of amides is 1. The lowest BCUT2D eigenvalue weighted by molar-refractivity contribution is -0.119. The van der Waals surface area contributed by atoms with Gasteiger partial charge in [0.15, 0.2) is 0 Å². The molecule has 5 heteroatoms. The number of aryl methyl sites for hydroxylation is 2. The predicted molar refractivity (Wildman–Crippen MR) is 78.3 cm³/mol. The number of anilines is 1. The Morgan fingerprint density at radius 2 is 2.20 bits per heavy atom. The molecule has 0 aliphatic heterocycles. The first-order valence-electron chi connectivity index (χ1n) is 6.55. The first-order chi connectivity index (χ1) is 9.51. The van der Waals surface area contributed by atoms with Crippen molar-refractivity contribution in [3.63, 3.8) is 0 Å². The summed E-state index contributed by atoms with van der Waals surface area (Å²) in [6.07, 6.45) is 1.61. The molecule has 1 unspecified atom stereocenters. The average Bonchev–Trinajstić information content (AvgIpc) is 2.86. The lowest BCUT2D eigenvalue weighted by atomic mass is 10.1. The molecule has 0 aliphatic rings. The zero-order valence-electron chi connectivity index (χ0n) is 11.9. The SMILES string of the molecule is Cc1coc(-c2cc(NC(=O)C(C)CN)ccc2C)n1. The minimum absolute atomic E-state index is 0.0918. The maximum atomic E-state index is 11.9. The third-order valence-electron chi connectivity index (χ3n) is 3.16. The van der Waals surface area contributed by atoms with Gasteiger partial charge in [0, 0.05) is 23.7 Å². The van der Waals surface area contributed by atoms with Crippen molar-refractivity contribution in [2.24, 2.45) is 11.7 Å². The molecule has 2 aromatic rings. The van der Waals surface area contributed by atoms with Crippen molar-refractivity contribution >= 4 is 11.6 Å². The standard InChI is InChI=1S/C15H19N3O2/c1-9-4-5-12(18-14(19)10(2)7-16)6-13(9)15-17-11(3)8-20-15/h4-6,8,10H,7,16H2,1-3H3,(H,18,19). The molecule has 106 valence electrons. The average molecular weight is 273 g/mol. The van der Waals surface area contributed by atoms with Crippen molar-refractivity contribution in [1.82, 2.24) is 4.98 Å². The highest BCUT2D eigenvalue weighted by Gasteiger charge is 2.13. The van der Waals surface area contributed by atoms with Crippen LogP contribution >= 0.6 is 0 Å². The molecule has 1 aromatic heterocycles. The van der Waals surface area contributed by atoms with Gasteiger partial charge in [-0.2, -0.15) is 0 Å². The minimum Gasteiger partial charge on any atom is -0.444 e. The Balaban J connectivity index is 2.27. The zero-order valence-corrected chi connectivity index (χ0v) is 11.9. The first-order valence-corrected chi connectivity index (χ1v) is 6.55. The molecule has 0 spiro atoms. The molecule has 0 aliphatic carbocycles. The number of carbonyl (C=O) groups excluding carboxylic acids is 1. The summed E-state index contributed by atoms with van der Waals surface area (Å²) in [6.45, 7) is 5.96. The van der Waals surface area contributed by atoms with Crippen molar-refractivity contribution < 1.29 is 9.21 Å². The third-order valence-corrected chi connectivity index (χ3v) is 3.16. The Hall–Kier alpha value is -2.14. The summed E-state index contributed by atoms with van der Waals surface area (Å²) in [5.41, 5.74) is 8.94. The largest absolute Gasteiger partial charge is 0.444 e. The number of hydrogen-bond donors (Lipinski definition) is 2. The van der Waals surface area contributed by atoms with E-state index < -0.39 is 0 Å². The van der Waals surface area contributed by atoms with Crippen LogP contribution in [0.25, 0.3) is 11.5 Å². The van der Waals surface area contributed by atoms with E-state index in [4.69, 9.17) is 10.2 Å². The Bertz CT molecular complexity index is 619. The number of rotatable bonds is 4. The molecular formula is C15H19N3O2. The molecule has 1 aromatic carbocycles. The van der Waals surface area contributed by atoms with E-state index >= 15 is 0 Å². The van der Waals surface area contributed by atoms with Crippen LogP contribution in [0.1, 0.15) is 18.2 Å². The number of benzene rings is 1. The fraction of sp³-hybridized carbons (Fsp3) is 0.333. The van der Waals surface area contributed by atoms with E-state index in [1.807, 2.05) is 32.0 Å². The van der Waals surface area contributed by atoms with Gasteiger partial charge in [-0.25, -0.2) is 4.98 Å². The normalized spacial score (nSPS) is 12.2. The number of nitrogens with zero attached hydrogens (tertiary/aromatic N) is 1. The van der Waals surface area contributed by atoms with Crippen LogP contribution in [0.4, 0.5) is 5.69 Å². The second kappa shape index (κ2) is 5.88. The lowest BCUT2D eigenvalue weighted by Crippen LogP contribution is -2.26. The third kappa shape index (κ3) is 3.05. The molecule has 0 radical (unpaired) electrons. The number of oxazole rings is 1. The second-order valence-corrected chi connectivity index (χ2v) is 4.95. The van der Waals surface area contributed by atoms with E-state index in [9.17, 15) is 4.79 Å². The number of nitrogens with one attached hydrogen (secondary N) is 1. The molecule has 0 saturated heterocycles. The van der Waals surface area contributed by atoms with Gasteiger partial charge in [-0.15, -0.1) is 0 Å². The predicted octanol–water partition coefficient (Wildman–Crippen LogP) is 2.49. The summed E-state index contributed by atoms with van der Waals surface area (Å²) in [7, 11) is 0. The van der Waals surface area contributed by atoms with Crippen LogP contribution in [-0.2, 0) is 4.79 Å². The molecule has 5 nitrogen and oxygen atoms in total. The maximum absolute atomic E-state index is 11.9. The molecule has 1 amide bonds. The van der Waals surface area contributed by atoms with Gasteiger partial charge >= 0.3 is 0 Å². The molecule has 0 fully saturated rings. The van der Waals surface area contributed by atoms with Crippen molar-refractivity contribution in [1.29, 1.82) is 0 Å². The molecule has 3 N–H and O–H groups in total. The van der Waals surface area contributed by atoms with Gasteiger partial charge in [-0.3, -0.25) is 4.79 Å². The molecule has 0 bridgehead atoms.